The van der Waals surface area contributed by atoms with Crippen LogP contribution >= 0.6 is 9.24 Å². The van der Waals surface area contributed by atoms with Gasteiger partial charge in [0, 0.05) is 18.3 Å². The van der Waals surface area contributed by atoms with Crippen molar-refractivity contribution >= 4 is 42.8 Å². The fourth-order valence-electron chi connectivity index (χ4n) is 3.79. The van der Waals surface area contributed by atoms with E-state index in [1.54, 1.807) is 7.11 Å². The van der Waals surface area contributed by atoms with Crippen LogP contribution in [0.15, 0.2) is 42.5 Å². The van der Waals surface area contributed by atoms with Gasteiger partial charge in [0.15, 0.2) is 5.82 Å². The van der Waals surface area contributed by atoms with Gasteiger partial charge in [-0.2, -0.15) is 5.10 Å². The lowest BCUT2D eigenvalue weighted by atomic mass is 10.2. The summed E-state index contributed by atoms with van der Waals surface area (Å²) in [7, 11) is 6.22. The molecule has 2 heterocycles. The Balaban J connectivity index is 0.00000167. The molecule has 0 amide bonds. The average molecular weight is 496 g/mol. The third-order valence-corrected chi connectivity index (χ3v) is 5.97. The molecule has 1 atom stereocenters. The number of benzene rings is 2. The van der Waals surface area contributed by atoms with Gasteiger partial charge in [-0.15, -0.1) is 5.10 Å². The third-order valence-electron chi connectivity index (χ3n) is 5.42. The Kier molecular flexibility index (Phi) is 8.73. The van der Waals surface area contributed by atoms with Gasteiger partial charge < -0.3 is 26.3 Å². The van der Waals surface area contributed by atoms with Crippen molar-refractivity contribution in [3.05, 3.63) is 53.7 Å². The summed E-state index contributed by atoms with van der Waals surface area (Å²) in [5, 5.41) is 16.8. The van der Waals surface area contributed by atoms with E-state index >= 15 is 0 Å². The van der Waals surface area contributed by atoms with Crippen LogP contribution in [0.1, 0.15) is 25.1 Å². The molecule has 0 aliphatic rings. The lowest BCUT2D eigenvalue weighted by molar-refractivity contribution is 0.294. The summed E-state index contributed by atoms with van der Waals surface area (Å²) in [6.07, 6.45) is 0. The maximum atomic E-state index is 6.65. The average Bonchev–Trinajstić information content (AvgIpc) is 3.15. The number of hydrogen-bond donors (Lipinski definition) is 4. The third kappa shape index (κ3) is 5.26. The highest BCUT2D eigenvalue weighted by Crippen LogP contribution is 2.36. The summed E-state index contributed by atoms with van der Waals surface area (Å²) in [5.41, 5.74) is 16.8. The molecule has 2 aromatic carbocycles. The standard InChI is InChI=1S/C23H28N7O2P.C2H6/c1-13-19-20(22(29-28-13)27-11-14-6-4-5-7-16(14)24)23(33)30(21(19)25)17-9-8-15(32-12-26-2)10-18(17)31-3;1-2/h4-10,26H,11-12,24-25,33H2,1-3H3,(H,27,29);1-2H3. The van der Waals surface area contributed by atoms with E-state index in [1.165, 1.54) is 0 Å². The molecule has 4 rings (SSSR count). The zero-order valence-electron chi connectivity index (χ0n) is 20.8. The molecule has 0 saturated carbocycles. The van der Waals surface area contributed by atoms with Crippen LogP contribution < -0.4 is 37.0 Å². The van der Waals surface area contributed by atoms with E-state index in [0.717, 1.165) is 38.8 Å². The van der Waals surface area contributed by atoms with Crippen molar-refractivity contribution in [3.8, 4) is 17.2 Å². The van der Waals surface area contributed by atoms with Crippen LogP contribution in [0, 0.1) is 6.92 Å². The molecule has 186 valence electrons. The number of fused-ring (bicyclic) bond motifs is 1. The van der Waals surface area contributed by atoms with Crippen LogP contribution in [0.4, 0.5) is 17.3 Å². The molecule has 0 fully saturated rings. The van der Waals surface area contributed by atoms with E-state index < -0.39 is 0 Å². The van der Waals surface area contributed by atoms with E-state index in [9.17, 15) is 0 Å². The number of aryl methyl sites for hydroxylation is 1. The number of ether oxygens (including phenoxy) is 2. The minimum Gasteiger partial charge on any atom is -0.494 e. The monoisotopic (exact) mass is 495 g/mol. The number of nitrogens with zero attached hydrogens (tertiary/aromatic N) is 3. The van der Waals surface area contributed by atoms with Crippen molar-refractivity contribution < 1.29 is 9.47 Å². The highest BCUT2D eigenvalue weighted by molar-refractivity contribution is 7.28. The Morgan fingerprint density at radius 3 is 2.49 bits per heavy atom. The number of aromatic nitrogens is 3. The summed E-state index contributed by atoms with van der Waals surface area (Å²) < 4.78 is 13.2. The number of hydrogen-bond acceptors (Lipinski definition) is 8. The predicted octanol–water partition coefficient (Wildman–Crippen LogP) is 3.60. The van der Waals surface area contributed by atoms with Crippen molar-refractivity contribution in [2.75, 3.05) is 37.7 Å². The Morgan fingerprint density at radius 1 is 1.06 bits per heavy atom. The molecule has 10 heteroatoms. The maximum Gasteiger partial charge on any atom is 0.159 e. The highest BCUT2D eigenvalue weighted by Gasteiger charge is 2.22. The largest absolute Gasteiger partial charge is 0.494 e. The Bertz CT molecular complexity index is 1310. The van der Waals surface area contributed by atoms with E-state index in [2.05, 4.69) is 30.1 Å². The van der Waals surface area contributed by atoms with Gasteiger partial charge in [-0.25, -0.2) is 0 Å². The van der Waals surface area contributed by atoms with Gasteiger partial charge >= 0.3 is 0 Å². The second-order valence-electron chi connectivity index (χ2n) is 7.52. The van der Waals surface area contributed by atoms with E-state index in [4.69, 9.17) is 20.9 Å². The van der Waals surface area contributed by atoms with Crippen molar-refractivity contribution in [1.82, 2.24) is 20.1 Å². The van der Waals surface area contributed by atoms with Crippen molar-refractivity contribution in [2.24, 2.45) is 0 Å². The number of methoxy groups -OCH3 is 1. The Hall–Kier alpha value is -3.55. The first-order valence-electron chi connectivity index (χ1n) is 11.4. The zero-order valence-corrected chi connectivity index (χ0v) is 22.0. The molecule has 0 radical (unpaired) electrons. The van der Waals surface area contributed by atoms with Crippen LogP contribution in [-0.4, -0.2) is 35.7 Å². The SMILES string of the molecule is CC.CNCOc1ccc(-n2c(N)c3c(C)nnc(NCc4ccccc4N)c3c2P)c(OC)c1. The van der Waals surface area contributed by atoms with Crippen LogP contribution in [0.5, 0.6) is 11.5 Å². The molecular formula is C25H34N7O2P. The normalized spacial score (nSPS) is 10.6. The second kappa shape index (κ2) is 11.7. The maximum absolute atomic E-state index is 6.65. The lowest BCUT2D eigenvalue weighted by Crippen LogP contribution is -2.15. The molecule has 2 aromatic heterocycles. The van der Waals surface area contributed by atoms with Gasteiger partial charge in [-0.1, -0.05) is 41.3 Å². The van der Waals surface area contributed by atoms with Gasteiger partial charge in [0.2, 0.25) is 0 Å². The van der Waals surface area contributed by atoms with Crippen LogP contribution in [0.25, 0.3) is 16.5 Å². The first-order valence-corrected chi connectivity index (χ1v) is 12.0. The second-order valence-corrected chi connectivity index (χ2v) is 8.07. The fraction of sp³-hybridized carbons (Fsp3) is 0.280. The summed E-state index contributed by atoms with van der Waals surface area (Å²) in [5.74, 6) is 2.49. The molecule has 0 saturated heterocycles. The van der Waals surface area contributed by atoms with Gasteiger partial charge in [0.05, 0.1) is 34.7 Å². The molecule has 1 unspecified atom stereocenters. The van der Waals surface area contributed by atoms with Crippen LogP contribution in [0.2, 0.25) is 0 Å². The molecule has 0 spiro atoms. The van der Waals surface area contributed by atoms with Gasteiger partial charge in [0.25, 0.3) is 0 Å². The van der Waals surface area contributed by atoms with Crippen molar-refractivity contribution in [3.63, 3.8) is 0 Å². The smallest absolute Gasteiger partial charge is 0.159 e. The number of rotatable bonds is 8. The molecule has 6 N–H and O–H groups in total. The molecular weight excluding hydrogens is 461 g/mol. The quantitative estimate of drug-likeness (QED) is 0.166. The summed E-state index contributed by atoms with van der Waals surface area (Å²) in [6, 6.07) is 13.3. The Labute approximate surface area is 208 Å². The summed E-state index contributed by atoms with van der Waals surface area (Å²) in [4.78, 5) is 0. The van der Waals surface area contributed by atoms with E-state index in [-0.39, 0.29) is 0 Å². The van der Waals surface area contributed by atoms with Crippen LogP contribution in [0.3, 0.4) is 0 Å². The first kappa shape index (κ1) is 26.1. The predicted molar refractivity (Wildman–Crippen MR) is 148 cm³/mol. The minimum atomic E-state index is 0.393. The molecule has 0 bridgehead atoms. The number of anilines is 3. The number of nitrogens with two attached hydrogens (primary N) is 2. The minimum absolute atomic E-state index is 0.393. The van der Waals surface area contributed by atoms with Gasteiger partial charge in [-0.3, -0.25) is 9.88 Å². The Morgan fingerprint density at radius 2 is 1.80 bits per heavy atom. The zero-order chi connectivity index (χ0) is 25.5. The fourth-order valence-corrected chi connectivity index (χ4v) is 4.35. The molecule has 0 aliphatic carbocycles. The molecule has 35 heavy (non-hydrogen) atoms. The first-order chi connectivity index (χ1) is 17.0. The van der Waals surface area contributed by atoms with E-state index in [0.29, 0.717) is 36.4 Å². The van der Waals surface area contributed by atoms with E-state index in [1.807, 2.05) is 74.9 Å². The number of nitrogens with one attached hydrogen (secondary N) is 2. The number of para-hydroxylation sites is 1. The van der Waals surface area contributed by atoms with Crippen LogP contribution in [-0.2, 0) is 6.54 Å². The summed E-state index contributed by atoms with van der Waals surface area (Å²) >= 11 is 0. The molecule has 0 aliphatic heterocycles. The van der Waals surface area contributed by atoms with Gasteiger partial charge in [-0.05, 0) is 37.7 Å². The molecule has 9 nitrogen and oxygen atoms in total. The van der Waals surface area contributed by atoms with Crippen molar-refractivity contribution in [1.29, 1.82) is 0 Å². The topological polar surface area (TPSA) is 125 Å². The van der Waals surface area contributed by atoms with Crippen molar-refractivity contribution in [2.45, 2.75) is 27.3 Å². The molecule has 4 aromatic rings. The number of nitrogen functional groups attached to an aromatic ring is 2. The summed E-state index contributed by atoms with van der Waals surface area (Å²) in [6.45, 7) is 6.80. The highest BCUT2D eigenvalue weighted by atomic mass is 31.0. The van der Waals surface area contributed by atoms with Gasteiger partial charge in [0.1, 0.15) is 24.0 Å². The lowest BCUT2D eigenvalue weighted by Gasteiger charge is -2.15.